The minimum atomic E-state index is -0.301. The van der Waals surface area contributed by atoms with Crippen LogP contribution in [0.3, 0.4) is 0 Å². The van der Waals surface area contributed by atoms with Gasteiger partial charge in [-0.1, -0.05) is 20.3 Å². The molecule has 3 fully saturated rings. The van der Waals surface area contributed by atoms with Gasteiger partial charge in [-0.3, -0.25) is 0 Å². The maximum atomic E-state index is 10.8. The Balaban J connectivity index is 1.99. The van der Waals surface area contributed by atoms with E-state index < -0.39 is 0 Å². The van der Waals surface area contributed by atoms with Gasteiger partial charge in [0.15, 0.2) is 0 Å². The third-order valence-electron chi connectivity index (χ3n) is 5.94. The van der Waals surface area contributed by atoms with E-state index >= 15 is 0 Å². The molecule has 0 spiro atoms. The molecule has 1 nitrogen and oxygen atoms in total. The van der Waals surface area contributed by atoms with Crippen molar-refractivity contribution in [1.29, 1.82) is 0 Å². The van der Waals surface area contributed by atoms with E-state index in [4.69, 9.17) is 0 Å². The Hall–Kier alpha value is -0.0400. The van der Waals surface area contributed by atoms with Crippen molar-refractivity contribution in [1.82, 2.24) is 0 Å². The van der Waals surface area contributed by atoms with Gasteiger partial charge in [-0.25, -0.2) is 0 Å². The van der Waals surface area contributed by atoms with E-state index in [1.54, 1.807) is 0 Å². The standard InChI is InChI=1S/C14H24O/c1-3-13-7-10-5-11(8-13)12(6-10)14(15,4-2)9-13/h10-12,15H,3-9H2,1-2H3. The average molecular weight is 208 g/mol. The molecule has 0 aliphatic heterocycles. The van der Waals surface area contributed by atoms with Crippen molar-refractivity contribution in [2.45, 2.75) is 64.4 Å². The summed E-state index contributed by atoms with van der Waals surface area (Å²) >= 11 is 0. The monoisotopic (exact) mass is 208 g/mol. The SMILES string of the molecule is CCC12CC3CC(C1)C(C3)C(O)(CC)C2. The largest absolute Gasteiger partial charge is 0.390 e. The molecule has 1 N–H and O–H groups in total. The molecule has 86 valence electrons. The molecular weight excluding hydrogens is 184 g/mol. The molecule has 15 heavy (non-hydrogen) atoms. The minimum absolute atomic E-state index is 0.301. The summed E-state index contributed by atoms with van der Waals surface area (Å²) < 4.78 is 0. The number of hydrogen-bond donors (Lipinski definition) is 1. The lowest BCUT2D eigenvalue weighted by Gasteiger charge is -2.52. The predicted molar refractivity (Wildman–Crippen MR) is 61.5 cm³/mol. The molecule has 3 rings (SSSR count). The van der Waals surface area contributed by atoms with Crippen LogP contribution in [0.2, 0.25) is 0 Å². The molecule has 5 atom stereocenters. The summed E-state index contributed by atoms with van der Waals surface area (Å²) in [6, 6.07) is 0. The summed E-state index contributed by atoms with van der Waals surface area (Å²) in [4.78, 5) is 0. The lowest BCUT2D eigenvalue weighted by atomic mass is 9.55. The van der Waals surface area contributed by atoms with Crippen molar-refractivity contribution in [3.05, 3.63) is 0 Å². The van der Waals surface area contributed by atoms with E-state index in [1.807, 2.05) is 0 Å². The fraction of sp³-hybridized carbons (Fsp3) is 1.00. The molecule has 0 aromatic carbocycles. The molecule has 3 aliphatic rings. The van der Waals surface area contributed by atoms with E-state index in [0.717, 1.165) is 24.7 Å². The molecule has 5 unspecified atom stereocenters. The molecule has 0 aromatic heterocycles. The first-order valence-electron chi connectivity index (χ1n) is 6.83. The van der Waals surface area contributed by atoms with Gasteiger partial charge in [0.05, 0.1) is 5.60 Å². The van der Waals surface area contributed by atoms with E-state index in [2.05, 4.69) is 13.8 Å². The second-order valence-electron chi connectivity index (χ2n) is 6.60. The van der Waals surface area contributed by atoms with Crippen LogP contribution in [-0.2, 0) is 0 Å². The lowest BCUT2D eigenvalue weighted by molar-refractivity contribution is -0.116. The van der Waals surface area contributed by atoms with Crippen molar-refractivity contribution in [3.8, 4) is 0 Å². The van der Waals surface area contributed by atoms with Gasteiger partial charge in [-0.2, -0.15) is 0 Å². The van der Waals surface area contributed by atoms with E-state index in [9.17, 15) is 5.11 Å². The van der Waals surface area contributed by atoms with Gasteiger partial charge >= 0.3 is 0 Å². The van der Waals surface area contributed by atoms with Gasteiger partial charge in [0.2, 0.25) is 0 Å². The first-order valence-corrected chi connectivity index (χ1v) is 6.83. The first-order chi connectivity index (χ1) is 7.11. The zero-order valence-electron chi connectivity index (χ0n) is 10.1. The van der Waals surface area contributed by atoms with E-state index in [0.29, 0.717) is 11.3 Å². The summed E-state index contributed by atoms with van der Waals surface area (Å²) in [6.45, 7) is 4.52. The van der Waals surface area contributed by atoms with Gasteiger partial charge in [0.1, 0.15) is 0 Å². The summed E-state index contributed by atoms with van der Waals surface area (Å²) in [5.41, 5.74) is 0.218. The van der Waals surface area contributed by atoms with Crippen molar-refractivity contribution in [2.75, 3.05) is 0 Å². The van der Waals surface area contributed by atoms with Crippen molar-refractivity contribution in [3.63, 3.8) is 0 Å². The second kappa shape index (κ2) is 3.00. The van der Waals surface area contributed by atoms with Crippen molar-refractivity contribution >= 4 is 0 Å². The summed E-state index contributed by atoms with van der Waals surface area (Å²) in [6.07, 6.45) is 8.96. The molecule has 1 heteroatoms. The highest BCUT2D eigenvalue weighted by Gasteiger charge is 2.59. The first kappa shape index (κ1) is 10.1. The molecule has 0 heterocycles. The van der Waals surface area contributed by atoms with Crippen LogP contribution in [-0.4, -0.2) is 10.7 Å². The maximum Gasteiger partial charge on any atom is 0.0681 e. The molecule has 0 aromatic rings. The highest BCUT2D eigenvalue weighted by atomic mass is 16.3. The number of aliphatic hydroxyl groups is 1. The van der Waals surface area contributed by atoms with Crippen LogP contribution in [0, 0.1) is 23.2 Å². The Labute approximate surface area is 93.3 Å². The molecule has 0 saturated heterocycles. The smallest absolute Gasteiger partial charge is 0.0681 e. The van der Waals surface area contributed by atoms with Gasteiger partial charge in [0.25, 0.3) is 0 Å². The van der Waals surface area contributed by atoms with Gasteiger partial charge in [-0.15, -0.1) is 0 Å². The topological polar surface area (TPSA) is 20.2 Å². The van der Waals surface area contributed by atoms with Gasteiger partial charge in [-0.05, 0) is 61.7 Å². The average Bonchev–Trinajstić information content (AvgIpc) is 2.49. The van der Waals surface area contributed by atoms with Crippen LogP contribution in [0.5, 0.6) is 0 Å². The molecule has 0 radical (unpaired) electrons. The zero-order chi connectivity index (χ0) is 10.7. The molecule has 3 saturated carbocycles. The highest BCUT2D eigenvalue weighted by molar-refractivity contribution is 5.10. The third kappa shape index (κ3) is 1.25. The van der Waals surface area contributed by atoms with Crippen LogP contribution in [0.25, 0.3) is 0 Å². The van der Waals surface area contributed by atoms with Crippen LogP contribution < -0.4 is 0 Å². The minimum Gasteiger partial charge on any atom is -0.390 e. The quantitative estimate of drug-likeness (QED) is 0.737. The van der Waals surface area contributed by atoms with Gasteiger partial charge < -0.3 is 5.11 Å². The molecule has 0 amide bonds. The van der Waals surface area contributed by atoms with Crippen molar-refractivity contribution < 1.29 is 5.11 Å². The Morgan fingerprint density at radius 3 is 2.60 bits per heavy atom. The Morgan fingerprint density at radius 1 is 1.13 bits per heavy atom. The van der Waals surface area contributed by atoms with Gasteiger partial charge in [0, 0.05) is 0 Å². The zero-order valence-corrected chi connectivity index (χ0v) is 10.1. The maximum absolute atomic E-state index is 10.8. The number of fused-ring (bicyclic) bond motifs is 2. The normalized spacial score (nSPS) is 57.4. The summed E-state index contributed by atoms with van der Waals surface area (Å²) in [7, 11) is 0. The Morgan fingerprint density at radius 2 is 1.93 bits per heavy atom. The van der Waals surface area contributed by atoms with Crippen LogP contribution in [0.1, 0.15) is 58.8 Å². The Bertz CT molecular complexity index is 267. The predicted octanol–water partition coefficient (Wildman–Crippen LogP) is 3.36. The van der Waals surface area contributed by atoms with E-state index in [-0.39, 0.29) is 5.60 Å². The number of hydrogen-bond acceptors (Lipinski definition) is 1. The third-order valence-corrected chi connectivity index (χ3v) is 5.94. The van der Waals surface area contributed by atoms with E-state index in [1.165, 1.54) is 32.1 Å². The molecular formula is C14H24O. The lowest BCUT2D eigenvalue weighted by Crippen LogP contribution is -2.49. The summed E-state index contributed by atoms with van der Waals surface area (Å²) in [5, 5.41) is 10.8. The molecule has 3 aliphatic carbocycles. The number of rotatable bonds is 2. The highest BCUT2D eigenvalue weighted by Crippen LogP contribution is 2.65. The van der Waals surface area contributed by atoms with Crippen molar-refractivity contribution in [2.24, 2.45) is 23.2 Å². The fourth-order valence-electron chi connectivity index (χ4n) is 5.27. The second-order valence-corrected chi connectivity index (χ2v) is 6.60. The Kier molecular flexibility index (Phi) is 2.03. The van der Waals surface area contributed by atoms with Crippen LogP contribution in [0.4, 0.5) is 0 Å². The fourth-order valence-corrected chi connectivity index (χ4v) is 5.27. The van der Waals surface area contributed by atoms with Crippen LogP contribution in [0.15, 0.2) is 0 Å². The van der Waals surface area contributed by atoms with Crippen LogP contribution >= 0.6 is 0 Å². The molecule has 3 bridgehead atoms. The summed E-state index contributed by atoms with van der Waals surface area (Å²) in [5.74, 6) is 2.46.